The van der Waals surface area contributed by atoms with E-state index < -0.39 is 16.1 Å². The van der Waals surface area contributed by atoms with E-state index in [1.807, 2.05) is 0 Å². The zero-order valence-electron chi connectivity index (χ0n) is 10.9. The number of hydrogen-bond donors (Lipinski definition) is 3. The minimum atomic E-state index is -3.82. The number of benzene rings is 2. The van der Waals surface area contributed by atoms with Gasteiger partial charge in [-0.25, -0.2) is 13.2 Å². The number of hydrogen-bond acceptors (Lipinski definition) is 3. The molecule has 3 N–H and O–H groups in total. The zero-order chi connectivity index (χ0) is 16.3. The summed E-state index contributed by atoms with van der Waals surface area (Å²) in [7, 11) is -3.82. The van der Waals surface area contributed by atoms with Crippen LogP contribution in [0.5, 0.6) is 0 Å². The van der Waals surface area contributed by atoms with Crippen LogP contribution in [0.15, 0.2) is 47.4 Å². The molecule has 0 atom stereocenters. The number of carbonyl (C=O) groups is 1. The topological polar surface area (TPSA) is 95.5 Å². The smallest absolute Gasteiger partial charge is 0.409 e. The van der Waals surface area contributed by atoms with Crippen LogP contribution >= 0.6 is 23.2 Å². The lowest BCUT2D eigenvalue weighted by molar-refractivity contribution is 0.209. The summed E-state index contributed by atoms with van der Waals surface area (Å²) in [4.78, 5) is 10.4. The van der Waals surface area contributed by atoms with Crippen LogP contribution in [0.4, 0.5) is 16.2 Å². The molecule has 0 unspecified atom stereocenters. The predicted octanol–water partition coefficient (Wildman–Crippen LogP) is 3.88. The molecule has 0 radical (unpaired) electrons. The van der Waals surface area contributed by atoms with Gasteiger partial charge < -0.3 is 5.11 Å². The number of anilines is 2. The molecule has 2 aromatic carbocycles. The fraction of sp³-hybridized carbons (Fsp3) is 0. The Hall–Kier alpha value is -1.96. The summed E-state index contributed by atoms with van der Waals surface area (Å²) in [6.45, 7) is 0. The Labute approximate surface area is 136 Å². The molecule has 9 heteroatoms. The van der Waals surface area contributed by atoms with Crippen LogP contribution in [0.3, 0.4) is 0 Å². The van der Waals surface area contributed by atoms with Gasteiger partial charge in [0, 0.05) is 11.4 Å². The van der Waals surface area contributed by atoms with Gasteiger partial charge in [-0.1, -0.05) is 23.2 Å². The Morgan fingerprint density at radius 3 is 2.09 bits per heavy atom. The number of rotatable bonds is 4. The molecule has 116 valence electrons. The number of carboxylic acid groups (broad SMARTS) is 1. The molecule has 2 aromatic rings. The van der Waals surface area contributed by atoms with Crippen molar-refractivity contribution in [3.05, 3.63) is 52.5 Å². The Kier molecular flexibility index (Phi) is 4.80. The Balaban J connectivity index is 2.21. The van der Waals surface area contributed by atoms with Crippen LogP contribution in [0.2, 0.25) is 10.0 Å². The Bertz CT molecular complexity index is 807. The van der Waals surface area contributed by atoms with E-state index in [1.54, 1.807) is 0 Å². The van der Waals surface area contributed by atoms with Gasteiger partial charge in [0.25, 0.3) is 10.0 Å². The van der Waals surface area contributed by atoms with Crippen molar-refractivity contribution in [2.45, 2.75) is 4.90 Å². The lowest BCUT2D eigenvalue weighted by Crippen LogP contribution is -2.13. The lowest BCUT2D eigenvalue weighted by atomic mass is 10.3. The summed E-state index contributed by atoms with van der Waals surface area (Å²) in [5.41, 5.74) is 0.604. The normalized spacial score (nSPS) is 11.0. The van der Waals surface area contributed by atoms with Crippen LogP contribution in [-0.2, 0) is 10.0 Å². The standard InChI is InChI=1S/C13H10Cl2N2O4S/c14-11-6-5-10(7-12(11)15)22(20,21)17-9-3-1-8(2-4-9)16-13(18)19/h1-7,16-17H,(H,18,19). The molecule has 1 amide bonds. The highest BCUT2D eigenvalue weighted by Crippen LogP contribution is 2.26. The lowest BCUT2D eigenvalue weighted by Gasteiger charge is -2.09. The molecule has 0 spiro atoms. The molecule has 0 saturated heterocycles. The van der Waals surface area contributed by atoms with Crippen molar-refractivity contribution in [1.82, 2.24) is 0 Å². The van der Waals surface area contributed by atoms with Crippen LogP contribution < -0.4 is 10.0 Å². The van der Waals surface area contributed by atoms with Crippen molar-refractivity contribution in [1.29, 1.82) is 0 Å². The Morgan fingerprint density at radius 1 is 0.955 bits per heavy atom. The minimum Gasteiger partial charge on any atom is -0.465 e. The first-order chi connectivity index (χ1) is 10.3. The van der Waals surface area contributed by atoms with Gasteiger partial charge >= 0.3 is 6.09 Å². The average molecular weight is 361 g/mol. The molecule has 0 saturated carbocycles. The molecular weight excluding hydrogens is 351 g/mol. The Morgan fingerprint density at radius 2 is 1.55 bits per heavy atom. The van der Waals surface area contributed by atoms with E-state index in [-0.39, 0.29) is 20.6 Å². The zero-order valence-corrected chi connectivity index (χ0v) is 13.2. The summed E-state index contributed by atoms with van der Waals surface area (Å²) >= 11 is 11.6. The molecule has 0 heterocycles. The van der Waals surface area contributed by atoms with E-state index in [2.05, 4.69) is 10.0 Å². The molecule has 22 heavy (non-hydrogen) atoms. The van der Waals surface area contributed by atoms with Gasteiger partial charge in [-0.3, -0.25) is 10.0 Å². The number of sulfonamides is 1. The molecule has 0 aromatic heterocycles. The average Bonchev–Trinajstić information content (AvgIpc) is 2.43. The summed E-state index contributed by atoms with van der Waals surface area (Å²) < 4.78 is 26.8. The molecule has 2 rings (SSSR count). The highest BCUT2D eigenvalue weighted by molar-refractivity contribution is 7.92. The quantitative estimate of drug-likeness (QED) is 0.770. The van der Waals surface area contributed by atoms with E-state index in [4.69, 9.17) is 28.3 Å². The highest BCUT2D eigenvalue weighted by Gasteiger charge is 2.15. The fourth-order valence-electron chi connectivity index (χ4n) is 1.60. The van der Waals surface area contributed by atoms with Crippen molar-refractivity contribution < 1.29 is 18.3 Å². The molecular formula is C13H10Cl2N2O4S. The van der Waals surface area contributed by atoms with Crippen molar-refractivity contribution in [3.63, 3.8) is 0 Å². The van der Waals surface area contributed by atoms with Gasteiger partial charge in [-0.15, -0.1) is 0 Å². The molecule has 0 fully saturated rings. The first kappa shape index (κ1) is 16.4. The van der Waals surface area contributed by atoms with Gasteiger partial charge in [-0.2, -0.15) is 0 Å². The van der Waals surface area contributed by atoms with Crippen LogP contribution in [0, 0.1) is 0 Å². The van der Waals surface area contributed by atoms with Gasteiger partial charge in [-0.05, 0) is 42.5 Å². The summed E-state index contributed by atoms with van der Waals surface area (Å²) in [6.07, 6.45) is -1.20. The third-order valence-electron chi connectivity index (χ3n) is 2.59. The van der Waals surface area contributed by atoms with Crippen LogP contribution in [-0.4, -0.2) is 19.6 Å². The summed E-state index contributed by atoms with van der Waals surface area (Å²) in [6, 6.07) is 9.68. The van der Waals surface area contributed by atoms with E-state index in [0.29, 0.717) is 5.69 Å². The summed E-state index contributed by atoms with van der Waals surface area (Å²) in [5.74, 6) is 0. The largest absolute Gasteiger partial charge is 0.465 e. The molecule has 6 nitrogen and oxygen atoms in total. The first-order valence-corrected chi connectivity index (χ1v) is 8.10. The molecule has 0 aliphatic carbocycles. The van der Waals surface area contributed by atoms with Crippen LogP contribution in [0.25, 0.3) is 0 Å². The van der Waals surface area contributed by atoms with Crippen molar-refractivity contribution in [3.8, 4) is 0 Å². The second-order valence-electron chi connectivity index (χ2n) is 4.19. The molecule has 0 aliphatic rings. The van der Waals surface area contributed by atoms with Crippen LogP contribution in [0.1, 0.15) is 0 Å². The minimum absolute atomic E-state index is 0.0327. The van der Waals surface area contributed by atoms with Crippen molar-refractivity contribution in [2.24, 2.45) is 0 Å². The van der Waals surface area contributed by atoms with E-state index >= 15 is 0 Å². The third-order valence-corrected chi connectivity index (χ3v) is 4.71. The van der Waals surface area contributed by atoms with E-state index in [0.717, 1.165) is 0 Å². The monoisotopic (exact) mass is 360 g/mol. The number of halogens is 2. The second-order valence-corrected chi connectivity index (χ2v) is 6.69. The third kappa shape index (κ3) is 4.03. The van der Waals surface area contributed by atoms with E-state index in [1.165, 1.54) is 42.5 Å². The van der Waals surface area contributed by atoms with Gasteiger partial charge in [0.2, 0.25) is 0 Å². The van der Waals surface area contributed by atoms with E-state index in [9.17, 15) is 13.2 Å². The highest BCUT2D eigenvalue weighted by atomic mass is 35.5. The second kappa shape index (κ2) is 6.43. The van der Waals surface area contributed by atoms with Gasteiger partial charge in [0.05, 0.1) is 14.9 Å². The maximum atomic E-state index is 12.2. The molecule has 0 aliphatic heterocycles. The first-order valence-electron chi connectivity index (χ1n) is 5.86. The maximum Gasteiger partial charge on any atom is 0.409 e. The SMILES string of the molecule is O=C(O)Nc1ccc(NS(=O)(=O)c2ccc(Cl)c(Cl)c2)cc1. The fourth-order valence-corrected chi connectivity index (χ4v) is 3.05. The number of amides is 1. The van der Waals surface area contributed by atoms with Crippen molar-refractivity contribution in [2.75, 3.05) is 10.0 Å². The van der Waals surface area contributed by atoms with Crippen molar-refractivity contribution >= 4 is 50.7 Å². The maximum absolute atomic E-state index is 12.2. The van der Waals surface area contributed by atoms with Gasteiger partial charge in [0.1, 0.15) is 0 Å². The van der Waals surface area contributed by atoms with Gasteiger partial charge in [0.15, 0.2) is 0 Å². The molecule has 0 bridgehead atoms. The predicted molar refractivity (Wildman–Crippen MR) is 85.4 cm³/mol. The number of nitrogens with one attached hydrogen (secondary N) is 2. The summed E-state index contributed by atoms with van der Waals surface area (Å²) in [5, 5.41) is 11.1.